The summed E-state index contributed by atoms with van der Waals surface area (Å²) in [5, 5.41) is 8.90. The van der Waals surface area contributed by atoms with Gasteiger partial charge in [-0.1, -0.05) is 37.2 Å². The van der Waals surface area contributed by atoms with Crippen molar-refractivity contribution >= 4 is 17.7 Å². The smallest absolute Gasteiger partial charge is 0.319 e. The van der Waals surface area contributed by atoms with Crippen LogP contribution in [0.5, 0.6) is 0 Å². The van der Waals surface area contributed by atoms with Gasteiger partial charge in [-0.2, -0.15) is 0 Å². The second-order valence-corrected chi connectivity index (χ2v) is 6.52. The fourth-order valence-corrected chi connectivity index (χ4v) is 3.54. The molecule has 5 nitrogen and oxygen atoms in total. The molecule has 0 aliphatic heterocycles. The van der Waals surface area contributed by atoms with Crippen molar-refractivity contribution in [1.82, 2.24) is 14.8 Å². The number of rotatable bonds is 7. The molecule has 0 aliphatic carbocycles. The largest absolute Gasteiger partial charge is 0.465 e. The Kier molecular flexibility index (Phi) is 6.21. The molecule has 0 N–H and O–H groups in total. The van der Waals surface area contributed by atoms with Crippen molar-refractivity contribution in [3.05, 3.63) is 35.7 Å². The highest BCUT2D eigenvalue weighted by molar-refractivity contribution is 8.00. The molecule has 0 saturated heterocycles. The van der Waals surface area contributed by atoms with Crippen LogP contribution in [0.4, 0.5) is 0 Å². The van der Waals surface area contributed by atoms with Crippen LogP contribution >= 0.6 is 11.8 Å². The van der Waals surface area contributed by atoms with Crippen LogP contribution < -0.4 is 0 Å². The third kappa shape index (κ3) is 4.34. The third-order valence-corrected chi connectivity index (χ3v) is 4.59. The number of nitrogens with zero attached hydrogens (tertiary/aromatic N) is 3. The zero-order chi connectivity index (χ0) is 16.8. The highest BCUT2D eigenvalue weighted by Crippen LogP contribution is 2.29. The second-order valence-electron chi connectivity index (χ2n) is 5.35. The van der Waals surface area contributed by atoms with Gasteiger partial charge in [0.25, 0.3) is 0 Å². The lowest BCUT2D eigenvalue weighted by molar-refractivity contribution is -0.142. The number of hydrogen-bond donors (Lipinski definition) is 0. The Bertz CT molecular complexity index is 670. The van der Waals surface area contributed by atoms with Crippen LogP contribution in [0.15, 0.2) is 29.4 Å². The van der Waals surface area contributed by atoms with Crippen LogP contribution in [0.3, 0.4) is 0 Å². The minimum Gasteiger partial charge on any atom is -0.465 e. The maximum Gasteiger partial charge on any atom is 0.319 e. The number of thioether (sulfide) groups is 1. The molecule has 0 spiro atoms. The quantitative estimate of drug-likeness (QED) is 0.571. The number of esters is 1. The number of aryl methyl sites for hydroxylation is 2. The molecule has 2 aromatic rings. The number of ether oxygens (including phenoxy) is 1. The first kappa shape index (κ1) is 17.5. The maximum absolute atomic E-state index is 12.1. The van der Waals surface area contributed by atoms with Gasteiger partial charge in [0.05, 0.1) is 6.61 Å². The maximum atomic E-state index is 12.1. The van der Waals surface area contributed by atoms with Gasteiger partial charge >= 0.3 is 5.97 Å². The van der Waals surface area contributed by atoms with E-state index in [1.165, 1.54) is 17.3 Å². The molecular weight excluding hydrogens is 310 g/mol. The van der Waals surface area contributed by atoms with E-state index in [4.69, 9.17) is 4.74 Å². The lowest BCUT2D eigenvalue weighted by atomic mass is 10.2. The molecule has 124 valence electrons. The summed E-state index contributed by atoms with van der Waals surface area (Å²) in [4.78, 5) is 12.1. The van der Waals surface area contributed by atoms with Gasteiger partial charge in [0.1, 0.15) is 11.1 Å². The van der Waals surface area contributed by atoms with Gasteiger partial charge in [0.2, 0.25) is 0 Å². The van der Waals surface area contributed by atoms with E-state index in [0.29, 0.717) is 6.61 Å². The molecule has 1 heterocycles. The molecule has 1 unspecified atom stereocenters. The van der Waals surface area contributed by atoms with Gasteiger partial charge in [-0.3, -0.25) is 9.36 Å². The summed E-state index contributed by atoms with van der Waals surface area (Å²) in [6.07, 6.45) is 1.66. The zero-order valence-corrected chi connectivity index (χ0v) is 14.9. The molecule has 1 aromatic carbocycles. The van der Waals surface area contributed by atoms with Crippen LogP contribution in [-0.2, 0) is 9.53 Å². The van der Waals surface area contributed by atoms with E-state index in [2.05, 4.69) is 36.2 Å². The predicted molar refractivity (Wildman–Crippen MR) is 92.0 cm³/mol. The number of aromatic nitrogens is 3. The summed E-state index contributed by atoms with van der Waals surface area (Å²) in [5.74, 6) is 0.619. The van der Waals surface area contributed by atoms with Gasteiger partial charge in [-0.15, -0.1) is 10.2 Å². The summed E-state index contributed by atoms with van der Waals surface area (Å²) < 4.78 is 7.17. The average Bonchev–Trinajstić information content (AvgIpc) is 2.88. The second kappa shape index (κ2) is 8.15. The Balaban J connectivity index is 2.31. The fraction of sp³-hybridized carbons (Fsp3) is 0.471. The summed E-state index contributed by atoms with van der Waals surface area (Å²) in [7, 11) is 0. The molecule has 1 aromatic heterocycles. The molecule has 0 radical (unpaired) electrons. The fourth-order valence-electron chi connectivity index (χ4n) is 2.33. The molecule has 6 heteroatoms. The van der Waals surface area contributed by atoms with Crippen LogP contribution in [0, 0.1) is 13.8 Å². The minimum absolute atomic E-state index is 0.184. The Morgan fingerprint density at radius 1 is 1.30 bits per heavy atom. The van der Waals surface area contributed by atoms with Crippen molar-refractivity contribution in [2.75, 3.05) is 6.61 Å². The summed E-state index contributed by atoms with van der Waals surface area (Å²) >= 11 is 1.42. The first-order chi connectivity index (χ1) is 11.1. The monoisotopic (exact) mass is 333 g/mol. The first-order valence-corrected chi connectivity index (χ1v) is 8.77. The van der Waals surface area contributed by atoms with Crippen molar-refractivity contribution in [1.29, 1.82) is 0 Å². The summed E-state index contributed by atoms with van der Waals surface area (Å²) in [5.41, 5.74) is 2.18. The predicted octanol–water partition coefficient (Wildman–Crippen LogP) is 3.71. The van der Waals surface area contributed by atoms with Gasteiger partial charge in [0.15, 0.2) is 5.16 Å². The Morgan fingerprint density at radius 2 is 2.09 bits per heavy atom. The van der Waals surface area contributed by atoms with Crippen molar-refractivity contribution in [2.45, 2.75) is 50.9 Å². The van der Waals surface area contributed by atoms with Crippen LogP contribution in [0.1, 0.15) is 38.1 Å². The Morgan fingerprint density at radius 3 is 2.74 bits per heavy atom. The minimum atomic E-state index is -0.257. The van der Waals surface area contributed by atoms with Crippen LogP contribution in [-0.4, -0.2) is 32.6 Å². The van der Waals surface area contributed by atoms with Crippen LogP contribution in [0.2, 0.25) is 0 Å². The zero-order valence-electron chi connectivity index (χ0n) is 14.1. The van der Waals surface area contributed by atoms with Gasteiger partial charge < -0.3 is 4.74 Å². The number of carbonyl (C=O) groups excluding carboxylic acids is 1. The van der Waals surface area contributed by atoms with Gasteiger partial charge in [0, 0.05) is 5.69 Å². The molecule has 0 saturated carbocycles. The SMILES string of the molecule is CCCC(Sc1nnc(C)n1-c1cccc(C)c1)C(=O)OCC. The molecule has 23 heavy (non-hydrogen) atoms. The van der Waals surface area contributed by atoms with Crippen LogP contribution in [0.25, 0.3) is 5.69 Å². The molecule has 0 bridgehead atoms. The normalized spacial score (nSPS) is 12.2. The molecule has 1 atom stereocenters. The van der Waals surface area contributed by atoms with Gasteiger partial charge in [-0.05, 0) is 44.9 Å². The lowest BCUT2D eigenvalue weighted by Gasteiger charge is -2.15. The number of carbonyl (C=O) groups is 1. The van der Waals surface area contributed by atoms with E-state index < -0.39 is 0 Å². The summed E-state index contributed by atoms with van der Waals surface area (Å²) in [6, 6.07) is 8.16. The van der Waals surface area contributed by atoms with E-state index in [-0.39, 0.29) is 11.2 Å². The molecule has 2 rings (SSSR count). The van der Waals surface area contributed by atoms with E-state index in [0.717, 1.165) is 29.5 Å². The van der Waals surface area contributed by atoms with Crippen molar-refractivity contribution in [3.8, 4) is 5.69 Å². The van der Waals surface area contributed by atoms with E-state index >= 15 is 0 Å². The Labute approximate surface area is 141 Å². The molecule has 0 amide bonds. The van der Waals surface area contributed by atoms with Gasteiger partial charge in [-0.25, -0.2) is 0 Å². The molecule has 0 fully saturated rings. The van der Waals surface area contributed by atoms with E-state index in [1.807, 2.05) is 30.5 Å². The van der Waals surface area contributed by atoms with E-state index in [1.54, 1.807) is 0 Å². The standard InChI is InChI=1S/C17H23N3O2S/c1-5-8-15(16(21)22-6-2)23-17-19-18-13(4)20(17)14-10-7-9-12(3)11-14/h7,9-11,15H,5-6,8H2,1-4H3. The Hall–Kier alpha value is -1.82. The van der Waals surface area contributed by atoms with Crippen molar-refractivity contribution < 1.29 is 9.53 Å². The van der Waals surface area contributed by atoms with Crippen molar-refractivity contribution in [2.24, 2.45) is 0 Å². The molecular formula is C17H23N3O2S. The number of hydrogen-bond acceptors (Lipinski definition) is 5. The molecule has 0 aliphatic rings. The topological polar surface area (TPSA) is 57.0 Å². The average molecular weight is 333 g/mol. The highest BCUT2D eigenvalue weighted by atomic mass is 32.2. The highest BCUT2D eigenvalue weighted by Gasteiger charge is 2.24. The number of benzene rings is 1. The lowest BCUT2D eigenvalue weighted by Crippen LogP contribution is -2.20. The van der Waals surface area contributed by atoms with E-state index in [9.17, 15) is 4.79 Å². The summed E-state index contributed by atoms with van der Waals surface area (Å²) in [6.45, 7) is 8.24. The van der Waals surface area contributed by atoms with Crippen molar-refractivity contribution in [3.63, 3.8) is 0 Å². The third-order valence-electron chi connectivity index (χ3n) is 3.40. The first-order valence-electron chi connectivity index (χ1n) is 7.89.